The number of aryl methyl sites for hydroxylation is 1. The fraction of sp³-hybridized carbons (Fsp3) is 0.278. The topological polar surface area (TPSA) is 129 Å². The number of benzene rings is 1. The lowest BCUT2D eigenvalue weighted by Crippen LogP contribution is -2.11. The number of rotatable bonds is 5. The highest BCUT2D eigenvalue weighted by atomic mass is 19.1. The van der Waals surface area contributed by atoms with Crippen molar-refractivity contribution < 1.29 is 19.2 Å². The number of aromatic nitrogens is 1. The van der Waals surface area contributed by atoms with Crippen molar-refractivity contribution in [1.29, 1.82) is 5.26 Å². The van der Waals surface area contributed by atoms with E-state index in [-0.39, 0.29) is 22.8 Å². The predicted molar refractivity (Wildman–Crippen MR) is 97.0 cm³/mol. The molecule has 0 unspecified atom stereocenters. The van der Waals surface area contributed by atoms with Crippen LogP contribution in [0.3, 0.4) is 0 Å². The number of nitrogens with one attached hydrogen (secondary N) is 1. The number of carboxylic acid groups (broad SMARTS) is 1. The third-order valence-corrected chi connectivity index (χ3v) is 3.50. The summed E-state index contributed by atoms with van der Waals surface area (Å²) in [7, 11) is 0. The molecule has 0 spiro atoms. The Morgan fingerprint density at radius 3 is 2.41 bits per heavy atom. The van der Waals surface area contributed by atoms with Crippen LogP contribution in [0.4, 0.5) is 15.9 Å². The van der Waals surface area contributed by atoms with Crippen molar-refractivity contribution in [3.05, 3.63) is 62.6 Å². The van der Waals surface area contributed by atoms with E-state index in [4.69, 9.17) is 9.90 Å². The first-order chi connectivity index (χ1) is 12.7. The van der Waals surface area contributed by atoms with E-state index in [2.05, 4.69) is 10.3 Å². The number of anilines is 1. The molecule has 0 atom stereocenters. The van der Waals surface area contributed by atoms with Gasteiger partial charge in [-0.1, -0.05) is 12.1 Å². The van der Waals surface area contributed by atoms with Gasteiger partial charge in [0.1, 0.15) is 29.0 Å². The van der Waals surface area contributed by atoms with E-state index in [1.165, 1.54) is 26.0 Å². The van der Waals surface area contributed by atoms with Crippen molar-refractivity contribution in [2.75, 3.05) is 11.9 Å². The van der Waals surface area contributed by atoms with Crippen LogP contribution in [0.1, 0.15) is 29.3 Å². The Morgan fingerprint density at radius 2 is 1.93 bits per heavy atom. The molecular formula is C18H19FN4O4. The van der Waals surface area contributed by atoms with Gasteiger partial charge in [-0.3, -0.25) is 14.9 Å². The lowest BCUT2D eigenvalue weighted by Gasteiger charge is -2.11. The largest absolute Gasteiger partial charge is 0.481 e. The second-order valence-corrected chi connectivity index (χ2v) is 5.59. The number of hydrogen-bond acceptors (Lipinski definition) is 6. The van der Waals surface area contributed by atoms with Crippen molar-refractivity contribution in [2.24, 2.45) is 0 Å². The van der Waals surface area contributed by atoms with E-state index in [0.29, 0.717) is 24.3 Å². The fourth-order valence-corrected chi connectivity index (χ4v) is 2.35. The first kappa shape index (κ1) is 21.5. The van der Waals surface area contributed by atoms with Crippen molar-refractivity contribution in [3.63, 3.8) is 0 Å². The summed E-state index contributed by atoms with van der Waals surface area (Å²) in [5, 5.41) is 30.7. The Hall–Kier alpha value is -3.54. The molecule has 0 saturated heterocycles. The minimum absolute atomic E-state index is 0.134. The van der Waals surface area contributed by atoms with Gasteiger partial charge in [0.2, 0.25) is 0 Å². The van der Waals surface area contributed by atoms with E-state index in [9.17, 15) is 19.8 Å². The minimum atomic E-state index is -0.833. The van der Waals surface area contributed by atoms with Crippen LogP contribution >= 0.6 is 0 Å². The van der Waals surface area contributed by atoms with Crippen LogP contribution in [-0.2, 0) is 11.2 Å². The third-order valence-electron chi connectivity index (χ3n) is 3.50. The molecule has 0 aliphatic heterocycles. The fourth-order valence-electron chi connectivity index (χ4n) is 2.35. The molecule has 142 valence electrons. The van der Waals surface area contributed by atoms with Gasteiger partial charge in [0.05, 0.1) is 10.5 Å². The van der Waals surface area contributed by atoms with E-state index in [0.717, 1.165) is 12.5 Å². The Kier molecular flexibility index (Phi) is 7.82. The van der Waals surface area contributed by atoms with Crippen LogP contribution in [0.25, 0.3) is 0 Å². The van der Waals surface area contributed by atoms with E-state index in [1.54, 1.807) is 12.1 Å². The van der Waals surface area contributed by atoms with Gasteiger partial charge in [-0.25, -0.2) is 9.37 Å². The SMILES string of the molecule is CC(=O)O.Cc1nc(NCCc2ccc(F)cc2)c(C#N)c(C)c1[N+](=O)[O-]. The summed E-state index contributed by atoms with van der Waals surface area (Å²) >= 11 is 0. The highest BCUT2D eigenvalue weighted by Crippen LogP contribution is 2.28. The number of halogens is 1. The van der Waals surface area contributed by atoms with E-state index >= 15 is 0 Å². The van der Waals surface area contributed by atoms with Crippen molar-refractivity contribution in [2.45, 2.75) is 27.2 Å². The number of pyridine rings is 1. The molecule has 1 aromatic carbocycles. The minimum Gasteiger partial charge on any atom is -0.481 e. The number of carboxylic acids is 1. The Bertz CT molecular complexity index is 872. The standard InChI is InChI=1S/C16H15FN4O2.C2H4O2/c1-10-14(9-18)16(20-11(2)15(10)21(22)23)19-8-7-12-3-5-13(17)6-4-12;1-2(3)4/h3-6H,7-8H2,1-2H3,(H,19,20);1H3,(H,3,4). The molecule has 8 nitrogen and oxygen atoms in total. The maximum absolute atomic E-state index is 12.8. The van der Waals surface area contributed by atoms with Gasteiger partial charge in [-0.05, 0) is 38.0 Å². The lowest BCUT2D eigenvalue weighted by molar-refractivity contribution is -0.386. The van der Waals surface area contributed by atoms with E-state index in [1.807, 2.05) is 6.07 Å². The second kappa shape index (κ2) is 9.82. The first-order valence-electron chi connectivity index (χ1n) is 7.90. The van der Waals surface area contributed by atoms with Crippen LogP contribution in [0.2, 0.25) is 0 Å². The summed E-state index contributed by atoms with van der Waals surface area (Å²) in [6.07, 6.45) is 0.613. The first-order valence-corrected chi connectivity index (χ1v) is 7.90. The number of nitro groups is 1. The molecule has 2 rings (SSSR count). The quantitative estimate of drug-likeness (QED) is 0.606. The molecule has 0 aliphatic carbocycles. The molecule has 9 heteroatoms. The summed E-state index contributed by atoms with van der Waals surface area (Å²) in [5.74, 6) is -0.799. The summed E-state index contributed by atoms with van der Waals surface area (Å²) in [5.41, 5.74) is 1.53. The van der Waals surface area contributed by atoms with Crippen LogP contribution in [0, 0.1) is 41.1 Å². The van der Waals surface area contributed by atoms with Crippen LogP contribution in [0.15, 0.2) is 24.3 Å². The summed E-state index contributed by atoms with van der Waals surface area (Å²) in [6, 6.07) is 8.10. The zero-order chi connectivity index (χ0) is 20.6. The van der Waals surface area contributed by atoms with Gasteiger partial charge in [0.15, 0.2) is 0 Å². The number of hydrogen-bond donors (Lipinski definition) is 2. The maximum Gasteiger partial charge on any atom is 0.300 e. The van der Waals surface area contributed by atoms with Gasteiger partial charge in [-0.15, -0.1) is 0 Å². The molecule has 0 bridgehead atoms. The summed E-state index contributed by atoms with van der Waals surface area (Å²) in [4.78, 5) is 23.7. The highest BCUT2D eigenvalue weighted by Gasteiger charge is 2.22. The Balaban J connectivity index is 0.000000828. The van der Waals surface area contributed by atoms with Crippen molar-refractivity contribution in [3.8, 4) is 6.07 Å². The maximum atomic E-state index is 12.8. The number of aliphatic carboxylic acids is 1. The van der Waals surface area contributed by atoms with Gasteiger partial charge in [-0.2, -0.15) is 5.26 Å². The monoisotopic (exact) mass is 374 g/mol. The lowest BCUT2D eigenvalue weighted by atomic mass is 10.1. The molecule has 1 aromatic heterocycles. The second-order valence-electron chi connectivity index (χ2n) is 5.59. The average Bonchev–Trinajstić information content (AvgIpc) is 2.55. The van der Waals surface area contributed by atoms with Gasteiger partial charge < -0.3 is 10.4 Å². The molecule has 0 aliphatic rings. The molecule has 0 radical (unpaired) electrons. The molecule has 27 heavy (non-hydrogen) atoms. The number of nitrogens with zero attached hydrogens (tertiary/aromatic N) is 3. The summed E-state index contributed by atoms with van der Waals surface area (Å²) in [6.45, 7) is 4.64. The highest BCUT2D eigenvalue weighted by molar-refractivity contribution is 5.63. The molecular weight excluding hydrogens is 355 g/mol. The molecule has 2 N–H and O–H groups in total. The molecule has 0 amide bonds. The smallest absolute Gasteiger partial charge is 0.300 e. The van der Waals surface area contributed by atoms with Crippen molar-refractivity contribution in [1.82, 2.24) is 4.98 Å². The zero-order valence-electron chi connectivity index (χ0n) is 15.1. The predicted octanol–water partition coefficient (Wildman–Crippen LogP) is 3.36. The number of nitriles is 1. The number of carbonyl (C=O) groups is 1. The molecule has 0 saturated carbocycles. The van der Waals surface area contributed by atoms with Crippen LogP contribution < -0.4 is 5.32 Å². The zero-order valence-corrected chi connectivity index (χ0v) is 15.1. The van der Waals surface area contributed by atoms with Gasteiger partial charge >= 0.3 is 0 Å². The molecule has 1 heterocycles. The van der Waals surface area contributed by atoms with Crippen molar-refractivity contribution >= 4 is 17.5 Å². The van der Waals surface area contributed by atoms with Crippen LogP contribution in [0.5, 0.6) is 0 Å². The molecule has 0 fully saturated rings. The molecule has 2 aromatic rings. The normalized spacial score (nSPS) is 9.59. The summed E-state index contributed by atoms with van der Waals surface area (Å²) < 4.78 is 12.8. The van der Waals surface area contributed by atoms with Gasteiger partial charge in [0, 0.05) is 13.5 Å². The average molecular weight is 374 g/mol. The Labute approximate surface area is 155 Å². The third kappa shape index (κ3) is 6.36. The Morgan fingerprint density at radius 1 is 1.37 bits per heavy atom. The van der Waals surface area contributed by atoms with Crippen LogP contribution in [-0.4, -0.2) is 27.5 Å². The van der Waals surface area contributed by atoms with E-state index < -0.39 is 10.9 Å². The van der Waals surface area contributed by atoms with Gasteiger partial charge in [0.25, 0.3) is 11.7 Å².